The molecule has 0 aromatic heterocycles. The minimum absolute atomic E-state index is 0.208. The summed E-state index contributed by atoms with van der Waals surface area (Å²) in [4.78, 5) is 28.0. The molecular formula is C25H16Cl3N3O2S. The van der Waals surface area contributed by atoms with E-state index >= 15 is 0 Å². The van der Waals surface area contributed by atoms with E-state index in [1.165, 1.54) is 11.0 Å². The predicted molar refractivity (Wildman–Crippen MR) is 138 cm³/mol. The molecule has 1 aliphatic heterocycles. The van der Waals surface area contributed by atoms with Gasteiger partial charge in [-0.15, -0.1) is 0 Å². The molecule has 0 radical (unpaired) electrons. The van der Waals surface area contributed by atoms with Gasteiger partial charge in [-0.25, -0.2) is 0 Å². The fourth-order valence-electron chi connectivity index (χ4n) is 3.44. The average molecular weight is 529 g/mol. The Balaban J connectivity index is 1.74. The SMILES string of the molecule is N#C/C(C(=O)Nc1cc(Cl)ccc1Cl)=C1/S[C@H](Cc2ccccc2Cl)C(=O)N1c1ccccc1. The van der Waals surface area contributed by atoms with Gasteiger partial charge in [0.2, 0.25) is 5.91 Å². The average Bonchev–Trinajstić information content (AvgIpc) is 3.14. The maximum Gasteiger partial charge on any atom is 0.269 e. The molecule has 0 aliphatic carbocycles. The molecule has 4 rings (SSSR count). The summed E-state index contributed by atoms with van der Waals surface area (Å²) in [5, 5.41) is 13.4. The first-order valence-electron chi connectivity index (χ1n) is 10.1. The number of carbonyl (C=O) groups excluding carboxylic acids is 2. The minimum Gasteiger partial charge on any atom is -0.320 e. The van der Waals surface area contributed by atoms with Gasteiger partial charge in [-0.05, 0) is 48.4 Å². The summed E-state index contributed by atoms with van der Waals surface area (Å²) >= 11 is 19.7. The van der Waals surface area contributed by atoms with E-state index in [4.69, 9.17) is 34.8 Å². The van der Waals surface area contributed by atoms with E-state index in [0.717, 1.165) is 17.3 Å². The van der Waals surface area contributed by atoms with Gasteiger partial charge in [0.25, 0.3) is 5.91 Å². The molecule has 1 saturated heterocycles. The highest BCUT2D eigenvalue weighted by Gasteiger charge is 2.41. The van der Waals surface area contributed by atoms with Crippen molar-refractivity contribution in [1.29, 1.82) is 5.26 Å². The predicted octanol–water partition coefficient (Wildman–Crippen LogP) is 6.71. The zero-order valence-electron chi connectivity index (χ0n) is 17.5. The second-order valence-electron chi connectivity index (χ2n) is 7.28. The number of halogens is 3. The molecule has 170 valence electrons. The fourth-order valence-corrected chi connectivity index (χ4v) is 5.29. The molecule has 9 heteroatoms. The van der Waals surface area contributed by atoms with E-state index in [9.17, 15) is 14.9 Å². The molecule has 3 aromatic rings. The third kappa shape index (κ3) is 5.08. The lowest BCUT2D eigenvalue weighted by Crippen LogP contribution is -2.31. The van der Waals surface area contributed by atoms with Gasteiger partial charge in [0.1, 0.15) is 16.7 Å². The van der Waals surface area contributed by atoms with E-state index in [1.807, 2.05) is 30.3 Å². The normalized spacial score (nSPS) is 16.8. The van der Waals surface area contributed by atoms with Gasteiger partial charge < -0.3 is 5.32 Å². The molecule has 34 heavy (non-hydrogen) atoms. The number of amides is 2. The Hall–Kier alpha value is -2.95. The number of nitriles is 1. The van der Waals surface area contributed by atoms with Crippen molar-refractivity contribution in [3.8, 4) is 6.07 Å². The molecule has 1 heterocycles. The standard InChI is InChI=1S/C25H16Cl3N3O2S/c26-16-10-11-20(28)21(13-16)30-23(32)18(14-29)25-31(17-7-2-1-3-8-17)24(33)22(34-25)12-15-6-4-5-9-19(15)27/h1-11,13,22H,12H2,(H,30,32)/b25-18-/t22-/m1/s1. The van der Waals surface area contributed by atoms with Crippen LogP contribution in [0, 0.1) is 11.3 Å². The maximum atomic E-state index is 13.5. The van der Waals surface area contributed by atoms with Crippen LogP contribution in [0.3, 0.4) is 0 Å². The highest BCUT2D eigenvalue weighted by atomic mass is 35.5. The van der Waals surface area contributed by atoms with Crippen LogP contribution in [0.5, 0.6) is 0 Å². The summed E-state index contributed by atoms with van der Waals surface area (Å²) < 4.78 is 0. The monoisotopic (exact) mass is 527 g/mol. The Morgan fingerprint density at radius 2 is 1.71 bits per heavy atom. The molecule has 5 nitrogen and oxygen atoms in total. The Kier molecular flexibility index (Phi) is 7.50. The van der Waals surface area contributed by atoms with Gasteiger partial charge in [0, 0.05) is 15.7 Å². The first-order valence-corrected chi connectivity index (χ1v) is 12.1. The van der Waals surface area contributed by atoms with Crippen LogP contribution < -0.4 is 10.2 Å². The number of nitrogens with one attached hydrogen (secondary N) is 1. The lowest BCUT2D eigenvalue weighted by atomic mass is 10.1. The molecule has 0 bridgehead atoms. The second-order valence-corrected chi connectivity index (χ2v) is 9.72. The second kappa shape index (κ2) is 10.5. The Bertz CT molecular complexity index is 1340. The molecule has 1 N–H and O–H groups in total. The quantitative estimate of drug-likeness (QED) is 0.295. The molecular weight excluding hydrogens is 513 g/mol. The third-order valence-corrected chi connectivity index (χ3v) is 7.26. The largest absolute Gasteiger partial charge is 0.320 e. The number of anilines is 2. The molecule has 0 spiro atoms. The van der Waals surface area contributed by atoms with Crippen LogP contribution in [0.2, 0.25) is 15.1 Å². The molecule has 0 saturated carbocycles. The lowest BCUT2D eigenvalue weighted by Gasteiger charge is -2.18. The first kappa shape index (κ1) is 24.2. The van der Waals surface area contributed by atoms with Crippen molar-refractivity contribution >= 4 is 69.8 Å². The topological polar surface area (TPSA) is 73.2 Å². The number of hydrogen-bond acceptors (Lipinski definition) is 4. The van der Waals surface area contributed by atoms with Crippen molar-refractivity contribution in [1.82, 2.24) is 0 Å². The van der Waals surface area contributed by atoms with Crippen LogP contribution in [-0.2, 0) is 16.0 Å². The molecule has 1 atom stereocenters. The van der Waals surface area contributed by atoms with E-state index in [0.29, 0.717) is 22.2 Å². The van der Waals surface area contributed by atoms with Crippen molar-refractivity contribution in [3.63, 3.8) is 0 Å². The van der Waals surface area contributed by atoms with Gasteiger partial charge in [-0.2, -0.15) is 5.26 Å². The number of hydrogen-bond donors (Lipinski definition) is 1. The summed E-state index contributed by atoms with van der Waals surface area (Å²) in [6, 6.07) is 22.7. The van der Waals surface area contributed by atoms with E-state index in [1.54, 1.807) is 42.5 Å². The fraction of sp³-hybridized carbons (Fsp3) is 0.0800. The van der Waals surface area contributed by atoms with Crippen molar-refractivity contribution in [3.05, 3.63) is 104 Å². The van der Waals surface area contributed by atoms with Gasteiger partial charge in [0.15, 0.2) is 0 Å². The summed E-state index contributed by atoms with van der Waals surface area (Å²) in [6.07, 6.45) is 0.344. The van der Waals surface area contributed by atoms with E-state index in [2.05, 4.69) is 5.32 Å². The highest BCUT2D eigenvalue weighted by Crippen LogP contribution is 2.42. The Morgan fingerprint density at radius 1 is 1.00 bits per heavy atom. The number of thioether (sulfide) groups is 1. The van der Waals surface area contributed by atoms with Gasteiger partial charge in [-0.3, -0.25) is 14.5 Å². The lowest BCUT2D eigenvalue weighted by molar-refractivity contribution is -0.117. The van der Waals surface area contributed by atoms with Crippen LogP contribution in [0.4, 0.5) is 11.4 Å². The molecule has 3 aromatic carbocycles. The summed E-state index contributed by atoms with van der Waals surface area (Å²) in [5.41, 5.74) is 1.41. The number of rotatable bonds is 5. The minimum atomic E-state index is -0.693. The van der Waals surface area contributed by atoms with Gasteiger partial charge >= 0.3 is 0 Å². The smallest absolute Gasteiger partial charge is 0.269 e. The Morgan fingerprint density at radius 3 is 2.41 bits per heavy atom. The van der Waals surface area contributed by atoms with E-state index < -0.39 is 11.2 Å². The van der Waals surface area contributed by atoms with Crippen LogP contribution >= 0.6 is 46.6 Å². The third-order valence-electron chi connectivity index (χ3n) is 5.06. The van der Waals surface area contributed by atoms with Crippen molar-refractivity contribution in [2.24, 2.45) is 0 Å². The molecule has 1 aliphatic rings. The molecule has 2 amide bonds. The Labute approximate surface area is 215 Å². The van der Waals surface area contributed by atoms with Gasteiger partial charge in [-0.1, -0.05) is 83.0 Å². The van der Waals surface area contributed by atoms with Crippen LogP contribution in [-0.4, -0.2) is 17.1 Å². The summed E-state index contributed by atoms with van der Waals surface area (Å²) in [5.74, 6) is -0.936. The van der Waals surface area contributed by atoms with Crippen LogP contribution in [0.1, 0.15) is 5.56 Å². The highest BCUT2D eigenvalue weighted by molar-refractivity contribution is 8.05. The number of benzene rings is 3. The molecule has 0 unspecified atom stereocenters. The van der Waals surface area contributed by atoms with Crippen LogP contribution in [0.15, 0.2) is 83.4 Å². The van der Waals surface area contributed by atoms with Crippen molar-refractivity contribution in [2.75, 3.05) is 10.2 Å². The summed E-state index contributed by atoms with van der Waals surface area (Å²) in [7, 11) is 0. The molecule has 1 fully saturated rings. The zero-order valence-corrected chi connectivity index (χ0v) is 20.6. The summed E-state index contributed by atoms with van der Waals surface area (Å²) in [6.45, 7) is 0. The number of nitrogens with zero attached hydrogens (tertiary/aromatic N) is 2. The number of para-hydroxylation sites is 1. The maximum absolute atomic E-state index is 13.5. The van der Waals surface area contributed by atoms with Crippen molar-refractivity contribution in [2.45, 2.75) is 11.7 Å². The van der Waals surface area contributed by atoms with Crippen molar-refractivity contribution < 1.29 is 9.59 Å². The van der Waals surface area contributed by atoms with E-state index in [-0.39, 0.29) is 27.2 Å². The van der Waals surface area contributed by atoms with Gasteiger partial charge in [0.05, 0.1) is 16.0 Å². The zero-order chi connectivity index (χ0) is 24.2. The number of carbonyl (C=O) groups is 2. The van der Waals surface area contributed by atoms with Crippen LogP contribution in [0.25, 0.3) is 0 Å². The first-order chi connectivity index (χ1) is 16.4.